The lowest BCUT2D eigenvalue weighted by Gasteiger charge is -2.21. The molecule has 0 bridgehead atoms. The van der Waals surface area contributed by atoms with E-state index in [1.165, 1.54) is 19.1 Å². The van der Waals surface area contributed by atoms with Crippen LogP contribution in [0.3, 0.4) is 0 Å². The van der Waals surface area contributed by atoms with Gasteiger partial charge in [-0.25, -0.2) is 9.69 Å². The highest BCUT2D eigenvalue weighted by Gasteiger charge is 2.46. The normalized spacial score (nSPS) is 15.8. The van der Waals surface area contributed by atoms with Gasteiger partial charge in [0.25, 0.3) is 5.91 Å². The number of nitrogens with zero attached hydrogens (tertiary/aromatic N) is 2. The van der Waals surface area contributed by atoms with Gasteiger partial charge in [0.1, 0.15) is 17.5 Å². The second-order valence-corrected chi connectivity index (χ2v) is 7.07. The topological polar surface area (TPSA) is 97.4 Å². The van der Waals surface area contributed by atoms with Crippen molar-refractivity contribution >= 4 is 29.2 Å². The second kappa shape index (κ2) is 10.6. The van der Waals surface area contributed by atoms with Gasteiger partial charge >= 0.3 is 6.03 Å². The maximum Gasteiger partial charge on any atom is 0.332 e. The molecule has 3 rings (SSSR count). The molecule has 1 heterocycles. The Balaban J connectivity index is 1.75. The van der Waals surface area contributed by atoms with Gasteiger partial charge in [-0.15, -0.1) is 0 Å². The van der Waals surface area contributed by atoms with E-state index in [1.807, 2.05) is 6.92 Å². The number of nitrogens with one attached hydrogen (secondary N) is 1. The molecule has 1 unspecified atom stereocenters. The molecule has 0 aliphatic carbocycles. The fourth-order valence-electron chi connectivity index (χ4n) is 3.43. The Morgan fingerprint density at radius 2 is 1.66 bits per heavy atom. The Hall–Kier alpha value is -3.59. The van der Waals surface area contributed by atoms with Crippen molar-refractivity contribution in [1.29, 1.82) is 0 Å². The summed E-state index contributed by atoms with van der Waals surface area (Å²) < 4.78 is 15.6. The van der Waals surface area contributed by atoms with E-state index in [9.17, 15) is 14.4 Å². The summed E-state index contributed by atoms with van der Waals surface area (Å²) in [5, 5.41) is 2.77. The maximum atomic E-state index is 13.1. The van der Waals surface area contributed by atoms with Crippen LogP contribution in [0.15, 0.2) is 48.5 Å². The van der Waals surface area contributed by atoms with Crippen molar-refractivity contribution in [2.24, 2.45) is 0 Å². The molecule has 170 valence electrons. The molecule has 2 aromatic carbocycles. The number of carbonyl (C=O) groups excluding carboxylic acids is 3. The van der Waals surface area contributed by atoms with Crippen LogP contribution in [0.2, 0.25) is 0 Å². The van der Waals surface area contributed by atoms with E-state index in [1.54, 1.807) is 48.5 Å². The molecule has 1 aliphatic rings. The van der Waals surface area contributed by atoms with Gasteiger partial charge in [-0.05, 0) is 55.5 Å². The average molecular weight is 441 g/mol. The molecule has 1 atom stereocenters. The summed E-state index contributed by atoms with van der Waals surface area (Å²) >= 11 is 0. The number of urea groups is 1. The fourth-order valence-corrected chi connectivity index (χ4v) is 3.43. The third-order valence-electron chi connectivity index (χ3n) is 5.01. The van der Waals surface area contributed by atoms with Crippen LogP contribution in [0.4, 0.5) is 16.2 Å². The van der Waals surface area contributed by atoms with Gasteiger partial charge in [0.2, 0.25) is 5.91 Å². The van der Waals surface area contributed by atoms with Gasteiger partial charge in [-0.3, -0.25) is 9.59 Å². The van der Waals surface area contributed by atoms with Crippen molar-refractivity contribution in [3.8, 4) is 11.5 Å². The van der Waals surface area contributed by atoms with E-state index in [4.69, 9.17) is 14.2 Å². The summed E-state index contributed by atoms with van der Waals surface area (Å²) in [6, 6.07) is 12.1. The lowest BCUT2D eigenvalue weighted by Crippen LogP contribution is -2.39. The van der Waals surface area contributed by atoms with Gasteiger partial charge in [-0.2, -0.15) is 0 Å². The Morgan fingerprint density at radius 1 is 1.00 bits per heavy atom. The number of rotatable bonds is 10. The molecule has 32 heavy (non-hydrogen) atoms. The predicted molar refractivity (Wildman–Crippen MR) is 119 cm³/mol. The average Bonchev–Trinajstić information content (AvgIpc) is 3.02. The molecule has 0 radical (unpaired) electrons. The SMILES string of the molecule is CCOc1ccc(NC(=O)CC2C(=O)N(c3ccc(OC)cc3)C(=O)N2CCOC)cc1. The lowest BCUT2D eigenvalue weighted by atomic mass is 10.1. The number of ether oxygens (including phenoxy) is 3. The molecular weight excluding hydrogens is 414 g/mol. The first-order valence-electron chi connectivity index (χ1n) is 10.3. The van der Waals surface area contributed by atoms with Crippen LogP contribution >= 0.6 is 0 Å². The first-order valence-corrected chi connectivity index (χ1v) is 10.3. The van der Waals surface area contributed by atoms with E-state index in [0.717, 1.165) is 4.90 Å². The van der Waals surface area contributed by atoms with Crippen LogP contribution in [-0.4, -0.2) is 62.8 Å². The molecule has 1 N–H and O–H groups in total. The third-order valence-corrected chi connectivity index (χ3v) is 5.01. The zero-order valence-electron chi connectivity index (χ0n) is 18.4. The Labute approximate surface area is 186 Å². The zero-order chi connectivity index (χ0) is 23.1. The van der Waals surface area contributed by atoms with Crippen LogP contribution in [0, 0.1) is 0 Å². The predicted octanol–water partition coefficient (Wildman–Crippen LogP) is 2.91. The second-order valence-electron chi connectivity index (χ2n) is 7.07. The largest absolute Gasteiger partial charge is 0.497 e. The summed E-state index contributed by atoms with van der Waals surface area (Å²) in [5.74, 6) is 0.468. The first-order chi connectivity index (χ1) is 15.5. The Bertz CT molecular complexity index is 945. The number of hydrogen-bond donors (Lipinski definition) is 1. The highest BCUT2D eigenvalue weighted by atomic mass is 16.5. The number of anilines is 2. The van der Waals surface area contributed by atoms with Crippen LogP contribution in [0.5, 0.6) is 11.5 Å². The van der Waals surface area contributed by atoms with Crippen LogP contribution < -0.4 is 19.7 Å². The number of imide groups is 1. The monoisotopic (exact) mass is 441 g/mol. The summed E-state index contributed by atoms with van der Waals surface area (Å²) in [7, 11) is 3.05. The standard InChI is InChI=1S/C23H27N3O6/c1-4-32-19-9-5-16(6-10-19)24-21(27)15-20-22(28)26(23(29)25(20)13-14-30-2)17-7-11-18(31-3)12-8-17/h5-12,20H,4,13-15H2,1-3H3,(H,24,27). The Kier molecular flexibility index (Phi) is 7.67. The zero-order valence-corrected chi connectivity index (χ0v) is 18.4. The molecule has 0 saturated carbocycles. The van der Waals surface area contributed by atoms with Crippen molar-refractivity contribution in [3.63, 3.8) is 0 Å². The minimum atomic E-state index is -0.928. The summed E-state index contributed by atoms with van der Waals surface area (Å²) in [4.78, 5) is 41.3. The van der Waals surface area contributed by atoms with Gasteiger partial charge in [0.15, 0.2) is 0 Å². The molecule has 4 amide bonds. The van der Waals surface area contributed by atoms with Crippen LogP contribution in [0.1, 0.15) is 13.3 Å². The maximum absolute atomic E-state index is 13.1. The summed E-state index contributed by atoms with van der Waals surface area (Å²) in [6.45, 7) is 2.87. The van der Waals surface area contributed by atoms with Crippen LogP contribution in [0.25, 0.3) is 0 Å². The molecule has 2 aromatic rings. The van der Waals surface area contributed by atoms with Crippen molar-refractivity contribution in [3.05, 3.63) is 48.5 Å². The van der Waals surface area contributed by atoms with Gasteiger partial charge in [0, 0.05) is 19.3 Å². The van der Waals surface area contributed by atoms with E-state index in [-0.39, 0.29) is 25.5 Å². The van der Waals surface area contributed by atoms with Crippen LogP contribution in [-0.2, 0) is 14.3 Å². The lowest BCUT2D eigenvalue weighted by molar-refractivity contribution is -0.124. The molecule has 1 fully saturated rings. The number of hydrogen-bond acceptors (Lipinski definition) is 6. The highest BCUT2D eigenvalue weighted by Crippen LogP contribution is 2.28. The van der Waals surface area contributed by atoms with E-state index in [0.29, 0.717) is 29.5 Å². The number of amides is 4. The van der Waals surface area contributed by atoms with Gasteiger partial charge in [0.05, 0.1) is 32.4 Å². The van der Waals surface area contributed by atoms with Gasteiger partial charge in [-0.1, -0.05) is 0 Å². The summed E-state index contributed by atoms with van der Waals surface area (Å²) in [6.07, 6.45) is -0.172. The van der Waals surface area contributed by atoms with Gasteiger partial charge < -0.3 is 24.4 Å². The minimum Gasteiger partial charge on any atom is -0.497 e. The molecule has 1 aliphatic heterocycles. The number of benzene rings is 2. The van der Waals surface area contributed by atoms with Crippen molar-refractivity contribution in [2.45, 2.75) is 19.4 Å². The highest BCUT2D eigenvalue weighted by molar-refractivity contribution is 6.22. The van der Waals surface area contributed by atoms with Crippen molar-refractivity contribution in [1.82, 2.24) is 4.90 Å². The fraction of sp³-hybridized carbons (Fsp3) is 0.348. The summed E-state index contributed by atoms with van der Waals surface area (Å²) in [5.41, 5.74) is 0.989. The molecule has 9 heteroatoms. The molecule has 1 saturated heterocycles. The van der Waals surface area contributed by atoms with Crippen molar-refractivity contribution in [2.75, 3.05) is 44.2 Å². The molecular formula is C23H27N3O6. The first kappa shape index (κ1) is 23.1. The van der Waals surface area contributed by atoms with E-state index < -0.39 is 18.0 Å². The van der Waals surface area contributed by atoms with Crippen molar-refractivity contribution < 1.29 is 28.6 Å². The minimum absolute atomic E-state index is 0.172. The molecule has 0 spiro atoms. The number of methoxy groups -OCH3 is 2. The Morgan fingerprint density at radius 3 is 2.25 bits per heavy atom. The third kappa shape index (κ3) is 5.17. The number of carbonyl (C=O) groups is 3. The quantitative estimate of drug-likeness (QED) is 0.570. The molecule has 0 aromatic heterocycles. The van der Waals surface area contributed by atoms with E-state index in [2.05, 4.69) is 5.32 Å². The van der Waals surface area contributed by atoms with E-state index >= 15 is 0 Å². The molecule has 9 nitrogen and oxygen atoms in total. The smallest absolute Gasteiger partial charge is 0.332 e.